The molecule has 0 bridgehead atoms. The summed E-state index contributed by atoms with van der Waals surface area (Å²) in [5.74, 6) is 1.18. The van der Waals surface area contributed by atoms with E-state index in [0.717, 1.165) is 18.2 Å². The third kappa shape index (κ3) is 6.02. The zero-order chi connectivity index (χ0) is 15.1. The zero-order valence-corrected chi connectivity index (χ0v) is 15.0. The Hall–Kier alpha value is 0.110. The van der Waals surface area contributed by atoms with Crippen molar-refractivity contribution in [3.05, 3.63) is 33.8 Å². The molecule has 1 fully saturated rings. The fourth-order valence-electron chi connectivity index (χ4n) is 2.91. The van der Waals surface area contributed by atoms with Gasteiger partial charge in [-0.25, -0.2) is 0 Å². The van der Waals surface area contributed by atoms with Crippen molar-refractivity contribution in [3.8, 4) is 0 Å². The van der Waals surface area contributed by atoms with E-state index < -0.39 is 0 Å². The lowest BCUT2D eigenvalue weighted by Gasteiger charge is -2.24. The molecule has 118 valence electrons. The van der Waals surface area contributed by atoms with Gasteiger partial charge in [-0.15, -0.1) is 0 Å². The standard InChI is InChI=1S/C17H25Cl2NS/c1-2-20-14(12-21-15-6-4-3-5-7-15)10-13-8-9-16(18)17(19)11-13/h8-9,11,14-15,20H,2-7,10,12H2,1H3. The first-order valence-electron chi connectivity index (χ1n) is 7.98. The number of hydrogen-bond acceptors (Lipinski definition) is 2. The SMILES string of the molecule is CCNC(CSC1CCCCC1)Cc1ccc(Cl)c(Cl)c1. The molecule has 21 heavy (non-hydrogen) atoms. The van der Waals surface area contributed by atoms with Gasteiger partial charge in [0.05, 0.1) is 10.0 Å². The lowest BCUT2D eigenvalue weighted by Crippen LogP contribution is -2.34. The highest BCUT2D eigenvalue weighted by Gasteiger charge is 2.17. The topological polar surface area (TPSA) is 12.0 Å². The molecule has 4 heteroatoms. The average Bonchev–Trinajstić information content (AvgIpc) is 2.50. The number of halogens is 2. The molecule has 0 radical (unpaired) electrons. The summed E-state index contributed by atoms with van der Waals surface area (Å²) in [6.07, 6.45) is 8.07. The second-order valence-electron chi connectivity index (χ2n) is 5.80. The normalized spacial score (nSPS) is 17.9. The number of rotatable bonds is 7. The van der Waals surface area contributed by atoms with Crippen LogP contribution in [0.3, 0.4) is 0 Å². The predicted molar refractivity (Wildman–Crippen MR) is 97.0 cm³/mol. The van der Waals surface area contributed by atoms with Crippen LogP contribution in [0.2, 0.25) is 10.0 Å². The maximum atomic E-state index is 6.12. The van der Waals surface area contributed by atoms with Gasteiger partial charge < -0.3 is 5.32 Å². The Balaban J connectivity index is 1.86. The molecule has 1 atom stereocenters. The van der Waals surface area contributed by atoms with Crippen LogP contribution < -0.4 is 5.32 Å². The van der Waals surface area contributed by atoms with Gasteiger partial charge in [0.1, 0.15) is 0 Å². The molecule has 1 saturated carbocycles. The van der Waals surface area contributed by atoms with Crippen LogP contribution in [-0.2, 0) is 6.42 Å². The molecule has 1 aliphatic rings. The minimum atomic E-state index is 0.513. The quantitative estimate of drug-likeness (QED) is 0.692. The minimum Gasteiger partial charge on any atom is -0.313 e. The van der Waals surface area contributed by atoms with E-state index in [0.29, 0.717) is 16.1 Å². The molecule has 0 aliphatic heterocycles. The number of likely N-dealkylation sites (N-methyl/N-ethyl adjacent to an activating group) is 1. The van der Waals surface area contributed by atoms with Gasteiger partial charge in [-0.2, -0.15) is 11.8 Å². The summed E-state index contributed by atoms with van der Waals surface area (Å²) in [7, 11) is 0. The molecule has 1 unspecified atom stereocenters. The fraction of sp³-hybridized carbons (Fsp3) is 0.647. The Morgan fingerprint density at radius 3 is 2.62 bits per heavy atom. The third-order valence-electron chi connectivity index (χ3n) is 4.04. The highest BCUT2D eigenvalue weighted by atomic mass is 35.5. The van der Waals surface area contributed by atoms with Crippen LogP contribution in [0.4, 0.5) is 0 Å². The van der Waals surface area contributed by atoms with E-state index in [-0.39, 0.29) is 0 Å². The Morgan fingerprint density at radius 1 is 1.19 bits per heavy atom. The number of benzene rings is 1. The number of nitrogens with one attached hydrogen (secondary N) is 1. The van der Waals surface area contributed by atoms with Gasteiger partial charge in [0.2, 0.25) is 0 Å². The molecule has 0 heterocycles. The molecule has 1 nitrogen and oxygen atoms in total. The third-order valence-corrected chi connectivity index (χ3v) is 6.32. The highest BCUT2D eigenvalue weighted by molar-refractivity contribution is 7.99. The van der Waals surface area contributed by atoms with Crippen molar-refractivity contribution >= 4 is 35.0 Å². The van der Waals surface area contributed by atoms with Crippen LogP contribution in [-0.4, -0.2) is 23.6 Å². The first-order chi connectivity index (χ1) is 10.2. The monoisotopic (exact) mass is 345 g/mol. The van der Waals surface area contributed by atoms with Gasteiger partial charge in [0.25, 0.3) is 0 Å². The van der Waals surface area contributed by atoms with Crippen LogP contribution in [0.25, 0.3) is 0 Å². The smallest absolute Gasteiger partial charge is 0.0595 e. The lowest BCUT2D eigenvalue weighted by atomic mass is 10.0. The first-order valence-corrected chi connectivity index (χ1v) is 9.78. The Morgan fingerprint density at radius 2 is 1.95 bits per heavy atom. The van der Waals surface area contributed by atoms with Crippen LogP contribution in [0, 0.1) is 0 Å². The van der Waals surface area contributed by atoms with Crippen molar-refractivity contribution in [1.82, 2.24) is 5.32 Å². The van der Waals surface area contributed by atoms with Crippen molar-refractivity contribution in [3.63, 3.8) is 0 Å². The second-order valence-corrected chi connectivity index (χ2v) is 7.95. The average molecular weight is 346 g/mol. The van der Waals surface area contributed by atoms with Crippen LogP contribution in [0.5, 0.6) is 0 Å². The van der Waals surface area contributed by atoms with Gasteiger partial charge in [-0.3, -0.25) is 0 Å². The van der Waals surface area contributed by atoms with E-state index in [1.165, 1.54) is 43.4 Å². The predicted octanol–water partition coefficient (Wildman–Crippen LogP) is 5.58. The molecular formula is C17H25Cl2NS. The second kappa shape index (κ2) is 9.29. The van der Waals surface area contributed by atoms with Crippen molar-refractivity contribution in [1.29, 1.82) is 0 Å². The Bertz CT molecular complexity index is 433. The molecule has 0 saturated heterocycles. The van der Waals surface area contributed by atoms with Gasteiger partial charge in [-0.05, 0) is 43.5 Å². The molecule has 1 aromatic carbocycles. The first kappa shape index (κ1) is 17.5. The van der Waals surface area contributed by atoms with Crippen LogP contribution >= 0.6 is 35.0 Å². The summed E-state index contributed by atoms with van der Waals surface area (Å²) in [6, 6.07) is 6.50. The van der Waals surface area contributed by atoms with Gasteiger partial charge in [0, 0.05) is 17.0 Å². The zero-order valence-electron chi connectivity index (χ0n) is 12.7. The van der Waals surface area contributed by atoms with Crippen LogP contribution in [0.15, 0.2) is 18.2 Å². The van der Waals surface area contributed by atoms with Crippen molar-refractivity contribution in [2.75, 3.05) is 12.3 Å². The molecule has 0 spiro atoms. The van der Waals surface area contributed by atoms with Crippen molar-refractivity contribution in [2.45, 2.75) is 56.7 Å². The fourth-order valence-corrected chi connectivity index (χ4v) is 4.64. The van der Waals surface area contributed by atoms with E-state index in [1.54, 1.807) is 0 Å². The maximum absolute atomic E-state index is 6.12. The molecule has 1 aliphatic carbocycles. The van der Waals surface area contributed by atoms with Gasteiger partial charge in [-0.1, -0.05) is 55.5 Å². The van der Waals surface area contributed by atoms with E-state index >= 15 is 0 Å². The molecular weight excluding hydrogens is 321 g/mol. The number of hydrogen-bond donors (Lipinski definition) is 1. The van der Waals surface area contributed by atoms with Crippen molar-refractivity contribution in [2.24, 2.45) is 0 Å². The Kier molecular flexibility index (Phi) is 7.73. The largest absolute Gasteiger partial charge is 0.313 e. The molecule has 0 amide bonds. The van der Waals surface area contributed by atoms with Gasteiger partial charge in [0.15, 0.2) is 0 Å². The minimum absolute atomic E-state index is 0.513. The highest BCUT2D eigenvalue weighted by Crippen LogP contribution is 2.29. The molecule has 0 aromatic heterocycles. The maximum Gasteiger partial charge on any atom is 0.0595 e. The molecule has 2 rings (SSSR count). The van der Waals surface area contributed by atoms with Crippen molar-refractivity contribution < 1.29 is 0 Å². The van der Waals surface area contributed by atoms with Gasteiger partial charge >= 0.3 is 0 Å². The summed E-state index contributed by atoms with van der Waals surface area (Å²) in [4.78, 5) is 0. The summed E-state index contributed by atoms with van der Waals surface area (Å²) in [5.41, 5.74) is 1.26. The summed E-state index contributed by atoms with van der Waals surface area (Å²) in [5, 5.41) is 5.77. The lowest BCUT2D eigenvalue weighted by molar-refractivity contribution is 0.513. The van der Waals surface area contributed by atoms with E-state index in [4.69, 9.17) is 23.2 Å². The van der Waals surface area contributed by atoms with E-state index in [2.05, 4.69) is 30.1 Å². The molecule has 1 aromatic rings. The van der Waals surface area contributed by atoms with Crippen LogP contribution in [0.1, 0.15) is 44.6 Å². The Labute approximate surface area is 143 Å². The van der Waals surface area contributed by atoms with E-state index in [1.807, 2.05) is 12.1 Å². The van der Waals surface area contributed by atoms with E-state index in [9.17, 15) is 0 Å². The summed E-state index contributed by atoms with van der Waals surface area (Å²) >= 11 is 14.3. The summed E-state index contributed by atoms with van der Waals surface area (Å²) < 4.78 is 0. The molecule has 1 N–H and O–H groups in total. The number of thioether (sulfide) groups is 1. The summed E-state index contributed by atoms with van der Waals surface area (Å²) in [6.45, 7) is 3.18.